The van der Waals surface area contributed by atoms with Crippen molar-refractivity contribution in [1.82, 2.24) is 4.90 Å². The topological polar surface area (TPSA) is 53.7 Å². The number of furan rings is 1. The Labute approximate surface area is 96.0 Å². The van der Waals surface area contributed by atoms with Gasteiger partial charge in [0.15, 0.2) is 9.53 Å². The summed E-state index contributed by atoms with van der Waals surface area (Å²) in [6.45, 7) is 2.74. The molecule has 0 bridgehead atoms. The second-order valence-corrected chi connectivity index (χ2v) is 3.78. The molecule has 0 saturated carbocycles. The molecule has 0 unspecified atom stereocenters. The molecule has 0 aliphatic heterocycles. The van der Waals surface area contributed by atoms with Crippen LogP contribution in [0.2, 0.25) is 0 Å². The van der Waals surface area contributed by atoms with Gasteiger partial charge in [0.1, 0.15) is 0 Å². The molecule has 0 radical (unpaired) electrons. The monoisotopic (exact) mass is 309 g/mol. The summed E-state index contributed by atoms with van der Waals surface area (Å²) in [5.74, 6) is 0.147. The molecule has 0 aromatic carbocycles. The number of carbonyl (C=O) groups excluding carboxylic acids is 1. The second-order valence-electron chi connectivity index (χ2n) is 2.71. The summed E-state index contributed by atoms with van der Waals surface area (Å²) in [4.78, 5) is 13.2. The average molecular weight is 309 g/mol. The Kier molecular flexibility index (Phi) is 4.40. The van der Waals surface area contributed by atoms with Crippen molar-refractivity contribution in [3.63, 3.8) is 0 Å². The van der Waals surface area contributed by atoms with E-state index in [1.807, 2.05) is 29.5 Å². The SMILES string of the molecule is CCN(CCO)C(=O)c1ccc(I)o1. The summed E-state index contributed by atoms with van der Waals surface area (Å²) in [5, 5.41) is 8.74. The predicted molar refractivity (Wildman–Crippen MR) is 60.1 cm³/mol. The minimum Gasteiger partial charge on any atom is -0.445 e. The molecule has 0 spiro atoms. The zero-order valence-corrected chi connectivity index (χ0v) is 10.0. The standard InChI is InChI=1S/C9H12INO3/c1-2-11(5-6-12)9(13)7-3-4-8(10)14-7/h3-4,12H,2,5-6H2,1H3. The maximum Gasteiger partial charge on any atom is 0.289 e. The van der Waals surface area contributed by atoms with Crippen LogP contribution in [0.4, 0.5) is 0 Å². The second kappa shape index (κ2) is 5.35. The van der Waals surface area contributed by atoms with Crippen molar-refractivity contribution in [3.05, 3.63) is 21.7 Å². The lowest BCUT2D eigenvalue weighted by Gasteiger charge is -2.17. The summed E-state index contributed by atoms with van der Waals surface area (Å²) in [7, 11) is 0. The van der Waals surface area contributed by atoms with Crippen LogP contribution < -0.4 is 0 Å². The first-order chi connectivity index (χ1) is 6.69. The van der Waals surface area contributed by atoms with Gasteiger partial charge >= 0.3 is 0 Å². The zero-order chi connectivity index (χ0) is 10.6. The van der Waals surface area contributed by atoms with Crippen LogP contribution in [0.1, 0.15) is 17.5 Å². The highest BCUT2D eigenvalue weighted by atomic mass is 127. The molecule has 0 atom stereocenters. The number of hydrogen-bond donors (Lipinski definition) is 1. The fraction of sp³-hybridized carbons (Fsp3) is 0.444. The van der Waals surface area contributed by atoms with E-state index in [1.165, 1.54) is 4.90 Å². The number of aliphatic hydroxyl groups is 1. The number of nitrogens with zero attached hydrogens (tertiary/aromatic N) is 1. The van der Waals surface area contributed by atoms with Crippen molar-refractivity contribution in [2.75, 3.05) is 19.7 Å². The smallest absolute Gasteiger partial charge is 0.289 e. The van der Waals surface area contributed by atoms with Crippen LogP contribution in [0.15, 0.2) is 16.5 Å². The van der Waals surface area contributed by atoms with E-state index in [9.17, 15) is 4.79 Å². The molecule has 1 heterocycles. The molecule has 0 aliphatic carbocycles. The van der Waals surface area contributed by atoms with E-state index in [-0.39, 0.29) is 12.5 Å². The summed E-state index contributed by atoms with van der Waals surface area (Å²) in [6.07, 6.45) is 0. The van der Waals surface area contributed by atoms with Crippen LogP contribution in [-0.2, 0) is 0 Å². The normalized spacial score (nSPS) is 10.2. The van der Waals surface area contributed by atoms with Gasteiger partial charge in [-0.3, -0.25) is 4.79 Å². The highest BCUT2D eigenvalue weighted by molar-refractivity contribution is 14.1. The van der Waals surface area contributed by atoms with E-state index in [1.54, 1.807) is 12.1 Å². The molecule has 0 saturated heterocycles. The van der Waals surface area contributed by atoms with Crippen molar-refractivity contribution >= 4 is 28.5 Å². The van der Waals surface area contributed by atoms with Crippen molar-refractivity contribution in [2.24, 2.45) is 0 Å². The lowest BCUT2D eigenvalue weighted by atomic mass is 10.3. The van der Waals surface area contributed by atoms with Gasteiger partial charge in [-0.05, 0) is 41.6 Å². The molecular weight excluding hydrogens is 297 g/mol. The number of amides is 1. The van der Waals surface area contributed by atoms with E-state index in [4.69, 9.17) is 9.52 Å². The van der Waals surface area contributed by atoms with E-state index in [2.05, 4.69) is 0 Å². The highest BCUT2D eigenvalue weighted by Crippen LogP contribution is 2.12. The first-order valence-electron chi connectivity index (χ1n) is 4.34. The van der Waals surface area contributed by atoms with Crippen LogP contribution in [0, 0.1) is 3.77 Å². The predicted octanol–water partition coefficient (Wildman–Crippen LogP) is 1.34. The van der Waals surface area contributed by atoms with Crippen LogP contribution in [-0.4, -0.2) is 35.6 Å². The summed E-state index contributed by atoms with van der Waals surface area (Å²) >= 11 is 2.00. The molecule has 0 aliphatic rings. The molecule has 1 amide bonds. The van der Waals surface area contributed by atoms with Crippen molar-refractivity contribution in [2.45, 2.75) is 6.92 Å². The van der Waals surface area contributed by atoms with E-state index < -0.39 is 0 Å². The summed E-state index contributed by atoms with van der Waals surface area (Å²) in [6, 6.07) is 3.38. The Morgan fingerprint density at radius 3 is 2.79 bits per heavy atom. The molecule has 0 fully saturated rings. The third-order valence-corrected chi connectivity index (χ3v) is 2.40. The van der Waals surface area contributed by atoms with E-state index >= 15 is 0 Å². The molecule has 4 nitrogen and oxygen atoms in total. The van der Waals surface area contributed by atoms with E-state index in [0.29, 0.717) is 22.6 Å². The minimum atomic E-state index is -0.176. The minimum absolute atomic E-state index is 0.0304. The number of carbonyl (C=O) groups is 1. The summed E-state index contributed by atoms with van der Waals surface area (Å²) < 4.78 is 5.87. The van der Waals surface area contributed by atoms with Gasteiger partial charge in [0, 0.05) is 13.1 Å². The molecule has 1 N–H and O–H groups in total. The first-order valence-corrected chi connectivity index (χ1v) is 5.42. The van der Waals surface area contributed by atoms with Crippen LogP contribution >= 0.6 is 22.6 Å². The third kappa shape index (κ3) is 2.71. The van der Waals surface area contributed by atoms with Gasteiger partial charge in [-0.1, -0.05) is 0 Å². The molecule has 5 heteroatoms. The molecule has 14 heavy (non-hydrogen) atoms. The van der Waals surface area contributed by atoms with Crippen molar-refractivity contribution in [3.8, 4) is 0 Å². The number of rotatable bonds is 4. The molecule has 1 aromatic rings. The van der Waals surface area contributed by atoms with Gasteiger partial charge < -0.3 is 14.4 Å². The van der Waals surface area contributed by atoms with Crippen molar-refractivity contribution < 1.29 is 14.3 Å². The lowest BCUT2D eigenvalue weighted by molar-refractivity contribution is 0.0699. The molecule has 1 aromatic heterocycles. The molecular formula is C9H12INO3. The van der Waals surface area contributed by atoms with Crippen molar-refractivity contribution in [1.29, 1.82) is 0 Å². The largest absolute Gasteiger partial charge is 0.445 e. The van der Waals surface area contributed by atoms with Crippen LogP contribution in [0.5, 0.6) is 0 Å². The number of halogens is 1. The Bertz CT molecular complexity index is 311. The van der Waals surface area contributed by atoms with Crippen LogP contribution in [0.25, 0.3) is 0 Å². The Morgan fingerprint density at radius 1 is 1.64 bits per heavy atom. The van der Waals surface area contributed by atoms with E-state index in [0.717, 1.165) is 0 Å². The molecule has 1 rings (SSSR count). The van der Waals surface area contributed by atoms with Crippen LogP contribution in [0.3, 0.4) is 0 Å². The van der Waals surface area contributed by atoms with Gasteiger partial charge in [0.2, 0.25) is 0 Å². The van der Waals surface area contributed by atoms with Gasteiger partial charge in [-0.15, -0.1) is 0 Å². The fourth-order valence-electron chi connectivity index (χ4n) is 1.11. The lowest BCUT2D eigenvalue weighted by Crippen LogP contribution is -2.33. The number of likely N-dealkylation sites (N-methyl/N-ethyl adjacent to an activating group) is 1. The summed E-state index contributed by atoms with van der Waals surface area (Å²) in [5.41, 5.74) is 0. The van der Waals surface area contributed by atoms with Gasteiger partial charge in [-0.25, -0.2) is 0 Å². The third-order valence-electron chi connectivity index (χ3n) is 1.82. The Morgan fingerprint density at radius 2 is 2.36 bits per heavy atom. The zero-order valence-electron chi connectivity index (χ0n) is 7.86. The Hall–Kier alpha value is -0.560. The fourth-order valence-corrected chi connectivity index (χ4v) is 1.53. The number of aliphatic hydroxyl groups excluding tert-OH is 1. The Balaban J connectivity index is 2.72. The quantitative estimate of drug-likeness (QED) is 0.854. The number of hydrogen-bond acceptors (Lipinski definition) is 3. The first kappa shape index (κ1) is 11.5. The van der Waals surface area contributed by atoms with Gasteiger partial charge in [0.25, 0.3) is 5.91 Å². The maximum absolute atomic E-state index is 11.7. The highest BCUT2D eigenvalue weighted by Gasteiger charge is 2.16. The molecule has 78 valence electrons. The average Bonchev–Trinajstić information content (AvgIpc) is 2.60. The van der Waals surface area contributed by atoms with Gasteiger partial charge in [0.05, 0.1) is 6.61 Å². The maximum atomic E-state index is 11.7. The van der Waals surface area contributed by atoms with Gasteiger partial charge in [-0.2, -0.15) is 0 Å².